The van der Waals surface area contributed by atoms with Gasteiger partial charge in [-0.25, -0.2) is 4.79 Å². The molecule has 0 aliphatic heterocycles. The average molecular weight is 442 g/mol. The van der Waals surface area contributed by atoms with Crippen molar-refractivity contribution in [3.8, 4) is 11.5 Å². The van der Waals surface area contributed by atoms with Gasteiger partial charge in [-0.15, -0.1) is 0 Å². The van der Waals surface area contributed by atoms with Crippen LogP contribution in [0.2, 0.25) is 0 Å². The van der Waals surface area contributed by atoms with E-state index in [-0.39, 0.29) is 26.2 Å². The van der Waals surface area contributed by atoms with E-state index in [1.807, 2.05) is 25.1 Å². The molecule has 0 saturated carbocycles. The lowest BCUT2D eigenvalue weighted by molar-refractivity contribution is -0.148. The molecule has 3 aromatic rings. The third-order valence-electron chi connectivity index (χ3n) is 4.53. The molecule has 9 heteroatoms. The van der Waals surface area contributed by atoms with Gasteiger partial charge in [-0.2, -0.15) is 0 Å². The standard InChI is InChI=1S/C23H26N2O7/c1-2-29-17-9-11-18(12-10-17)30-15-13-24-21(26)16-31-22(27)8-5-14-25-19-6-3-4-7-20(19)32-23(25)28/h3-4,6-7,9-12H,2,5,8,13-16H2,1H3,(H,24,26). The monoisotopic (exact) mass is 442 g/mol. The number of carbonyl (C=O) groups excluding carboxylic acids is 2. The summed E-state index contributed by atoms with van der Waals surface area (Å²) < 4.78 is 22.5. The van der Waals surface area contributed by atoms with E-state index < -0.39 is 17.6 Å². The number of hydrogen-bond acceptors (Lipinski definition) is 7. The lowest BCUT2D eigenvalue weighted by Gasteiger charge is -2.09. The summed E-state index contributed by atoms with van der Waals surface area (Å²) in [4.78, 5) is 35.6. The molecule has 0 spiro atoms. The molecule has 0 saturated heterocycles. The molecule has 0 radical (unpaired) electrons. The predicted octanol–water partition coefficient (Wildman–Crippen LogP) is 2.51. The van der Waals surface area contributed by atoms with Crippen LogP contribution in [0.4, 0.5) is 0 Å². The summed E-state index contributed by atoms with van der Waals surface area (Å²) >= 11 is 0. The van der Waals surface area contributed by atoms with Gasteiger partial charge < -0.3 is 23.9 Å². The number of nitrogens with zero attached hydrogens (tertiary/aromatic N) is 1. The quantitative estimate of drug-likeness (QED) is 0.339. The molecule has 1 aromatic heterocycles. The van der Waals surface area contributed by atoms with Crippen molar-refractivity contribution in [3.05, 3.63) is 59.1 Å². The zero-order chi connectivity index (χ0) is 22.8. The number of nitrogens with one attached hydrogen (secondary N) is 1. The summed E-state index contributed by atoms with van der Waals surface area (Å²) in [6.45, 7) is 3.02. The zero-order valence-corrected chi connectivity index (χ0v) is 17.9. The highest BCUT2D eigenvalue weighted by molar-refractivity contribution is 5.80. The molecule has 32 heavy (non-hydrogen) atoms. The molecule has 0 atom stereocenters. The summed E-state index contributed by atoms with van der Waals surface area (Å²) in [5.41, 5.74) is 1.18. The summed E-state index contributed by atoms with van der Waals surface area (Å²) in [6, 6.07) is 14.3. The molecule has 2 aromatic carbocycles. The van der Waals surface area contributed by atoms with Crippen molar-refractivity contribution < 1.29 is 28.2 Å². The number of para-hydroxylation sites is 2. The molecule has 0 unspecified atom stereocenters. The first kappa shape index (κ1) is 22.9. The van der Waals surface area contributed by atoms with Gasteiger partial charge in [0.05, 0.1) is 18.7 Å². The fraction of sp³-hybridized carbons (Fsp3) is 0.348. The van der Waals surface area contributed by atoms with E-state index in [1.165, 1.54) is 4.57 Å². The maximum Gasteiger partial charge on any atom is 0.419 e. The van der Waals surface area contributed by atoms with E-state index in [0.29, 0.717) is 36.4 Å². The number of aromatic nitrogens is 1. The number of carbonyl (C=O) groups is 2. The van der Waals surface area contributed by atoms with E-state index in [0.717, 1.165) is 5.75 Å². The number of esters is 1. The Kier molecular flexibility index (Phi) is 8.30. The Morgan fingerprint density at radius 3 is 2.50 bits per heavy atom. The smallest absolute Gasteiger partial charge is 0.419 e. The number of ether oxygens (including phenoxy) is 3. The highest BCUT2D eigenvalue weighted by atomic mass is 16.5. The fourth-order valence-corrected chi connectivity index (χ4v) is 3.03. The highest BCUT2D eigenvalue weighted by Gasteiger charge is 2.11. The molecule has 3 rings (SSSR count). The van der Waals surface area contributed by atoms with Crippen LogP contribution in [0, 0.1) is 0 Å². The second-order valence-electron chi connectivity index (χ2n) is 6.85. The molecule has 1 N–H and O–H groups in total. The van der Waals surface area contributed by atoms with Gasteiger partial charge in [0.25, 0.3) is 5.91 Å². The second kappa shape index (κ2) is 11.6. The molecule has 9 nitrogen and oxygen atoms in total. The average Bonchev–Trinajstić information content (AvgIpc) is 3.12. The van der Waals surface area contributed by atoms with Crippen LogP contribution >= 0.6 is 0 Å². The molecular weight excluding hydrogens is 416 g/mol. The van der Waals surface area contributed by atoms with Crippen molar-refractivity contribution in [2.45, 2.75) is 26.3 Å². The number of aryl methyl sites for hydroxylation is 1. The van der Waals surface area contributed by atoms with Gasteiger partial charge in [0, 0.05) is 13.0 Å². The first-order valence-corrected chi connectivity index (χ1v) is 10.4. The third kappa shape index (κ3) is 6.63. The van der Waals surface area contributed by atoms with E-state index in [1.54, 1.807) is 30.3 Å². The molecule has 170 valence electrons. The fourth-order valence-electron chi connectivity index (χ4n) is 3.03. The Morgan fingerprint density at radius 1 is 1.03 bits per heavy atom. The number of hydrogen-bond donors (Lipinski definition) is 1. The summed E-state index contributed by atoms with van der Waals surface area (Å²) in [5, 5.41) is 2.62. The zero-order valence-electron chi connectivity index (χ0n) is 17.9. The van der Waals surface area contributed by atoms with E-state index in [4.69, 9.17) is 18.6 Å². The number of fused-ring (bicyclic) bond motifs is 1. The van der Waals surface area contributed by atoms with Crippen LogP contribution < -0.4 is 20.5 Å². The second-order valence-corrected chi connectivity index (χ2v) is 6.85. The van der Waals surface area contributed by atoms with Crippen molar-refractivity contribution in [2.24, 2.45) is 0 Å². The molecule has 0 aliphatic carbocycles. The summed E-state index contributed by atoms with van der Waals surface area (Å²) in [6.07, 6.45) is 0.472. The molecular formula is C23H26N2O7. The molecule has 1 heterocycles. The maximum atomic E-state index is 11.9. The third-order valence-corrected chi connectivity index (χ3v) is 4.53. The SMILES string of the molecule is CCOc1ccc(OCCNC(=O)COC(=O)CCCn2c(=O)oc3ccccc32)cc1. The van der Waals surface area contributed by atoms with Gasteiger partial charge in [0.15, 0.2) is 12.2 Å². The number of rotatable bonds is 12. The normalized spacial score (nSPS) is 10.7. The van der Waals surface area contributed by atoms with Crippen LogP contribution in [0.25, 0.3) is 11.1 Å². The topological polar surface area (TPSA) is 109 Å². The van der Waals surface area contributed by atoms with Crippen LogP contribution in [0.15, 0.2) is 57.7 Å². The summed E-state index contributed by atoms with van der Waals surface area (Å²) in [7, 11) is 0. The molecule has 0 bridgehead atoms. The van der Waals surface area contributed by atoms with Crippen molar-refractivity contribution in [3.63, 3.8) is 0 Å². The van der Waals surface area contributed by atoms with Crippen molar-refractivity contribution in [1.29, 1.82) is 0 Å². The minimum absolute atomic E-state index is 0.0834. The predicted molar refractivity (Wildman–Crippen MR) is 117 cm³/mol. The van der Waals surface area contributed by atoms with Crippen molar-refractivity contribution in [1.82, 2.24) is 9.88 Å². The Morgan fingerprint density at radius 2 is 1.75 bits per heavy atom. The van der Waals surface area contributed by atoms with Crippen LogP contribution in [0.3, 0.4) is 0 Å². The minimum Gasteiger partial charge on any atom is -0.494 e. The lowest BCUT2D eigenvalue weighted by Crippen LogP contribution is -2.32. The van der Waals surface area contributed by atoms with Crippen molar-refractivity contribution >= 4 is 23.0 Å². The highest BCUT2D eigenvalue weighted by Crippen LogP contribution is 2.17. The largest absolute Gasteiger partial charge is 0.494 e. The van der Waals surface area contributed by atoms with Gasteiger partial charge in [-0.05, 0) is 49.7 Å². The molecule has 0 aliphatic rings. The Bertz CT molecular complexity index is 1090. The number of benzene rings is 2. The number of oxazole rings is 1. The first-order valence-electron chi connectivity index (χ1n) is 10.4. The van der Waals surface area contributed by atoms with Crippen molar-refractivity contribution in [2.75, 3.05) is 26.4 Å². The summed E-state index contributed by atoms with van der Waals surface area (Å²) in [5.74, 6) is 0.0440. The van der Waals surface area contributed by atoms with Crippen LogP contribution in [0.5, 0.6) is 11.5 Å². The Hall–Kier alpha value is -3.75. The van der Waals surface area contributed by atoms with Gasteiger partial charge in [0.2, 0.25) is 0 Å². The minimum atomic E-state index is -0.508. The lowest BCUT2D eigenvalue weighted by atomic mass is 10.3. The van der Waals surface area contributed by atoms with Gasteiger partial charge in [0.1, 0.15) is 18.1 Å². The maximum absolute atomic E-state index is 11.9. The van der Waals surface area contributed by atoms with E-state index in [2.05, 4.69) is 5.32 Å². The van der Waals surface area contributed by atoms with Gasteiger partial charge >= 0.3 is 11.7 Å². The molecule has 0 fully saturated rings. The van der Waals surface area contributed by atoms with E-state index >= 15 is 0 Å². The first-order chi connectivity index (χ1) is 15.6. The van der Waals surface area contributed by atoms with Crippen LogP contribution in [-0.4, -0.2) is 42.8 Å². The Balaban J connectivity index is 1.28. The van der Waals surface area contributed by atoms with Crippen LogP contribution in [-0.2, 0) is 20.9 Å². The Labute approximate surface area is 184 Å². The number of amides is 1. The molecule has 1 amide bonds. The van der Waals surface area contributed by atoms with Gasteiger partial charge in [-0.3, -0.25) is 14.2 Å². The van der Waals surface area contributed by atoms with E-state index in [9.17, 15) is 14.4 Å². The van der Waals surface area contributed by atoms with Crippen LogP contribution in [0.1, 0.15) is 19.8 Å². The van der Waals surface area contributed by atoms with Gasteiger partial charge in [-0.1, -0.05) is 12.1 Å².